The first kappa shape index (κ1) is 12.4. The highest BCUT2D eigenvalue weighted by molar-refractivity contribution is 7.09. The second-order valence-corrected chi connectivity index (χ2v) is 6.28. The molecule has 0 aromatic carbocycles. The molecule has 0 spiro atoms. The van der Waals surface area contributed by atoms with Crippen molar-refractivity contribution in [1.82, 2.24) is 15.1 Å². The minimum Gasteiger partial charge on any atom is -0.374 e. The normalized spacial score (nSPS) is 28.4. The topological polar surface area (TPSA) is 87.1 Å². The molecule has 2 bridgehead atoms. The third-order valence-electron chi connectivity index (χ3n) is 4.01. The maximum absolute atomic E-state index is 5.84. The summed E-state index contributed by atoms with van der Waals surface area (Å²) in [5, 5.41) is 7.07. The van der Waals surface area contributed by atoms with E-state index in [-0.39, 0.29) is 12.0 Å². The van der Waals surface area contributed by atoms with Crippen molar-refractivity contribution < 1.29 is 9.26 Å². The van der Waals surface area contributed by atoms with Gasteiger partial charge in [-0.3, -0.25) is 0 Å². The van der Waals surface area contributed by atoms with Gasteiger partial charge in [-0.2, -0.15) is 4.98 Å². The van der Waals surface area contributed by atoms with Gasteiger partial charge in [-0.25, -0.2) is 4.98 Å². The summed E-state index contributed by atoms with van der Waals surface area (Å²) in [6.07, 6.45) is 4.73. The molecule has 20 heavy (non-hydrogen) atoms. The van der Waals surface area contributed by atoms with Crippen molar-refractivity contribution in [2.45, 2.75) is 43.8 Å². The van der Waals surface area contributed by atoms with E-state index < -0.39 is 0 Å². The lowest BCUT2D eigenvalue weighted by molar-refractivity contribution is 0.0996. The predicted octanol–water partition coefficient (Wildman–Crippen LogP) is 1.73. The highest BCUT2D eigenvalue weighted by Crippen LogP contribution is 2.43. The number of hydrogen-bond acceptors (Lipinski definition) is 7. The predicted molar refractivity (Wildman–Crippen MR) is 73.4 cm³/mol. The third kappa shape index (κ3) is 2.06. The minimum absolute atomic E-state index is 0.272. The van der Waals surface area contributed by atoms with Crippen molar-refractivity contribution in [3.63, 3.8) is 0 Å². The summed E-state index contributed by atoms with van der Waals surface area (Å²) < 4.78 is 11.2. The molecule has 2 aromatic rings. The van der Waals surface area contributed by atoms with Gasteiger partial charge < -0.3 is 15.0 Å². The fraction of sp³-hybridized carbons (Fsp3) is 0.615. The van der Waals surface area contributed by atoms with Crippen molar-refractivity contribution in [3.05, 3.63) is 16.2 Å². The number of aromatic nitrogens is 3. The van der Waals surface area contributed by atoms with Crippen molar-refractivity contribution >= 4 is 11.3 Å². The van der Waals surface area contributed by atoms with Crippen molar-refractivity contribution in [1.29, 1.82) is 0 Å². The number of hydrogen-bond donors (Lipinski definition) is 1. The van der Waals surface area contributed by atoms with Gasteiger partial charge in [0.25, 0.3) is 5.89 Å². The summed E-state index contributed by atoms with van der Waals surface area (Å²) in [6.45, 7) is 0.602. The van der Waals surface area contributed by atoms with Crippen LogP contribution in [0.2, 0.25) is 0 Å². The van der Waals surface area contributed by atoms with Gasteiger partial charge >= 0.3 is 0 Å². The van der Waals surface area contributed by atoms with Crippen molar-refractivity contribution in [2.75, 3.05) is 6.54 Å². The van der Waals surface area contributed by atoms with Crippen LogP contribution in [-0.4, -0.2) is 33.9 Å². The molecule has 6 nitrogen and oxygen atoms in total. The van der Waals surface area contributed by atoms with E-state index in [0.29, 0.717) is 18.5 Å². The Morgan fingerprint density at radius 3 is 3.05 bits per heavy atom. The molecule has 7 heteroatoms. The van der Waals surface area contributed by atoms with E-state index in [1.165, 1.54) is 6.42 Å². The molecule has 0 radical (unpaired) electrons. The van der Waals surface area contributed by atoms with Crippen molar-refractivity contribution in [2.24, 2.45) is 5.73 Å². The van der Waals surface area contributed by atoms with Gasteiger partial charge in [-0.05, 0) is 25.8 Å². The third-order valence-corrected chi connectivity index (χ3v) is 4.92. The average molecular weight is 292 g/mol. The van der Waals surface area contributed by atoms with Crippen molar-refractivity contribution in [3.8, 4) is 11.6 Å². The monoisotopic (exact) mass is 292 g/mol. The molecule has 106 valence electrons. The Morgan fingerprint density at radius 1 is 1.35 bits per heavy atom. The Kier molecular flexibility index (Phi) is 3.05. The average Bonchev–Trinajstić information content (AvgIpc) is 3.22. The number of rotatable bonds is 4. The molecule has 3 atom stereocenters. The first-order valence-corrected chi connectivity index (χ1v) is 7.85. The van der Waals surface area contributed by atoms with E-state index in [2.05, 4.69) is 15.1 Å². The summed E-state index contributed by atoms with van der Waals surface area (Å²) in [5.41, 5.74) is 6.28. The van der Waals surface area contributed by atoms with E-state index >= 15 is 0 Å². The standard InChI is InChI=1S/C13H16N4O2S/c14-4-3-11-15-9(6-20-11)13-16-12(17-19-13)8-5-7-1-2-10(8)18-7/h6-8,10H,1-5,14H2. The zero-order chi connectivity index (χ0) is 13.5. The van der Waals surface area contributed by atoms with Gasteiger partial charge in [0.2, 0.25) is 0 Å². The lowest BCUT2D eigenvalue weighted by Gasteiger charge is -2.13. The van der Waals surface area contributed by atoms with E-state index in [9.17, 15) is 0 Å². The van der Waals surface area contributed by atoms with E-state index in [0.717, 1.165) is 35.8 Å². The molecule has 0 aliphatic carbocycles. The molecule has 3 unspecified atom stereocenters. The fourth-order valence-electron chi connectivity index (χ4n) is 3.05. The maximum atomic E-state index is 5.84. The smallest absolute Gasteiger partial charge is 0.277 e. The van der Waals surface area contributed by atoms with Crippen LogP contribution >= 0.6 is 11.3 Å². The van der Waals surface area contributed by atoms with Crippen LogP contribution < -0.4 is 5.73 Å². The molecule has 4 heterocycles. The van der Waals surface area contributed by atoms with Gasteiger partial charge in [0.05, 0.1) is 23.1 Å². The minimum atomic E-state index is 0.272. The summed E-state index contributed by atoms with van der Waals surface area (Å²) in [4.78, 5) is 8.98. The SMILES string of the molecule is NCCc1nc(-c2nc(C3CC4CCC3O4)no2)cs1. The first-order chi connectivity index (χ1) is 9.83. The Morgan fingerprint density at radius 2 is 2.30 bits per heavy atom. The van der Waals surface area contributed by atoms with E-state index in [1.807, 2.05) is 5.38 Å². The lowest BCUT2D eigenvalue weighted by Crippen LogP contribution is -2.15. The first-order valence-electron chi connectivity index (χ1n) is 6.97. The molecule has 2 N–H and O–H groups in total. The van der Waals surface area contributed by atoms with Crippen LogP contribution in [0.25, 0.3) is 11.6 Å². The molecular weight excluding hydrogens is 276 g/mol. The number of thiazole rings is 1. The molecule has 0 saturated carbocycles. The van der Waals surface area contributed by atoms with E-state index in [1.54, 1.807) is 11.3 Å². The van der Waals surface area contributed by atoms with Gasteiger partial charge in [-0.1, -0.05) is 5.16 Å². The van der Waals surface area contributed by atoms with Crippen LogP contribution in [0, 0.1) is 0 Å². The van der Waals surface area contributed by atoms with Crippen LogP contribution in [0.5, 0.6) is 0 Å². The highest BCUT2D eigenvalue weighted by Gasteiger charge is 2.43. The fourth-order valence-corrected chi connectivity index (χ4v) is 3.83. The number of nitrogens with two attached hydrogens (primary N) is 1. The molecule has 4 rings (SSSR count). The summed E-state index contributed by atoms with van der Waals surface area (Å²) in [6, 6.07) is 0. The lowest BCUT2D eigenvalue weighted by atomic mass is 9.89. The summed E-state index contributed by atoms with van der Waals surface area (Å²) >= 11 is 1.58. The zero-order valence-electron chi connectivity index (χ0n) is 11.0. The zero-order valence-corrected chi connectivity index (χ0v) is 11.8. The Bertz CT molecular complexity index is 611. The summed E-state index contributed by atoms with van der Waals surface area (Å²) in [5.74, 6) is 1.55. The molecule has 2 aliphatic rings. The quantitative estimate of drug-likeness (QED) is 0.923. The van der Waals surface area contributed by atoms with Gasteiger partial charge in [0.15, 0.2) is 5.82 Å². The number of fused-ring (bicyclic) bond motifs is 2. The number of nitrogens with zero attached hydrogens (tertiary/aromatic N) is 3. The van der Waals surface area contributed by atoms with Gasteiger partial charge in [-0.15, -0.1) is 11.3 Å². The maximum Gasteiger partial charge on any atom is 0.277 e. The molecule has 0 amide bonds. The Hall–Kier alpha value is -1.31. The second kappa shape index (κ2) is 4.91. The van der Waals surface area contributed by atoms with Gasteiger partial charge in [0.1, 0.15) is 5.69 Å². The molecule has 2 fully saturated rings. The Labute approximate surface area is 120 Å². The van der Waals surface area contributed by atoms with Crippen LogP contribution in [0.3, 0.4) is 0 Å². The largest absolute Gasteiger partial charge is 0.374 e. The molecule has 2 saturated heterocycles. The van der Waals surface area contributed by atoms with Crippen LogP contribution in [-0.2, 0) is 11.2 Å². The second-order valence-electron chi connectivity index (χ2n) is 5.34. The molecule has 2 aliphatic heterocycles. The summed E-state index contributed by atoms with van der Waals surface area (Å²) in [7, 11) is 0. The molecule has 2 aromatic heterocycles. The van der Waals surface area contributed by atoms with E-state index in [4.69, 9.17) is 15.0 Å². The number of ether oxygens (including phenoxy) is 1. The highest BCUT2D eigenvalue weighted by atomic mass is 32.1. The Balaban J connectivity index is 1.55. The van der Waals surface area contributed by atoms with Crippen LogP contribution in [0.1, 0.15) is 36.0 Å². The van der Waals surface area contributed by atoms with Crippen LogP contribution in [0.4, 0.5) is 0 Å². The van der Waals surface area contributed by atoms with Crippen LogP contribution in [0.15, 0.2) is 9.90 Å². The van der Waals surface area contributed by atoms with Gasteiger partial charge in [0, 0.05) is 11.8 Å². The molecular formula is C13H16N4O2S.